The molecular weight excluding hydrogens is 215 g/mol. The Labute approximate surface area is 89.3 Å². The molecule has 0 bridgehead atoms. The lowest BCUT2D eigenvalue weighted by molar-refractivity contribution is 0.317. The van der Waals surface area contributed by atoms with Gasteiger partial charge in [0, 0.05) is 19.0 Å². The molecule has 0 radical (unpaired) electrons. The first kappa shape index (κ1) is 12.4. The standard InChI is InChI=1S/C7H13ClN2S.ClH/c1-9(2)4-7-10(3)6(8)5-11-7;/h5,7H,4H2,1-3H3;1H. The van der Waals surface area contributed by atoms with Crippen LogP contribution < -0.4 is 0 Å². The van der Waals surface area contributed by atoms with E-state index in [1.54, 1.807) is 11.8 Å². The van der Waals surface area contributed by atoms with Crippen LogP contribution in [0, 0.1) is 0 Å². The summed E-state index contributed by atoms with van der Waals surface area (Å²) in [7, 11) is 6.16. The summed E-state index contributed by atoms with van der Waals surface area (Å²) >= 11 is 7.67. The van der Waals surface area contributed by atoms with Gasteiger partial charge in [-0.3, -0.25) is 0 Å². The Hall–Kier alpha value is 0.430. The van der Waals surface area contributed by atoms with E-state index in [0.29, 0.717) is 5.37 Å². The topological polar surface area (TPSA) is 6.48 Å². The molecule has 0 N–H and O–H groups in total. The molecule has 2 nitrogen and oxygen atoms in total. The highest BCUT2D eigenvalue weighted by molar-refractivity contribution is 8.03. The third kappa shape index (κ3) is 3.05. The molecule has 0 aromatic rings. The molecule has 1 rings (SSSR count). The Morgan fingerprint density at radius 2 is 2.25 bits per heavy atom. The molecule has 72 valence electrons. The van der Waals surface area contributed by atoms with Gasteiger partial charge in [-0.25, -0.2) is 0 Å². The number of hydrogen-bond donors (Lipinski definition) is 0. The molecule has 0 saturated heterocycles. The van der Waals surface area contributed by atoms with E-state index >= 15 is 0 Å². The van der Waals surface area contributed by atoms with Gasteiger partial charge < -0.3 is 9.80 Å². The van der Waals surface area contributed by atoms with E-state index in [2.05, 4.69) is 23.9 Å². The van der Waals surface area contributed by atoms with Crippen LogP contribution in [-0.2, 0) is 0 Å². The van der Waals surface area contributed by atoms with Crippen molar-refractivity contribution in [1.29, 1.82) is 0 Å². The van der Waals surface area contributed by atoms with E-state index in [1.165, 1.54) is 0 Å². The Kier molecular flexibility index (Phi) is 5.41. The first-order valence-electron chi connectivity index (χ1n) is 3.50. The monoisotopic (exact) mass is 228 g/mol. The largest absolute Gasteiger partial charge is 0.351 e. The van der Waals surface area contributed by atoms with Gasteiger partial charge in [-0.05, 0) is 14.1 Å². The van der Waals surface area contributed by atoms with Crippen molar-refractivity contribution in [1.82, 2.24) is 9.80 Å². The van der Waals surface area contributed by atoms with Crippen LogP contribution in [0.3, 0.4) is 0 Å². The second-order valence-electron chi connectivity index (χ2n) is 2.90. The molecule has 0 amide bonds. The number of halogens is 2. The van der Waals surface area contributed by atoms with Crippen LogP contribution in [0.1, 0.15) is 0 Å². The quantitative estimate of drug-likeness (QED) is 0.669. The van der Waals surface area contributed by atoms with Gasteiger partial charge in [0.15, 0.2) is 0 Å². The molecule has 5 heteroatoms. The van der Waals surface area contributed by atoms with E-state index in [9.17, 15) is 0 Å². The van der Waals surface area contributed by atoms with Gasteiger partial charge in [-0.2, -0.15) is 0 Å². The summed E-state index contributed by atoms with van der Waals surface area (Å²) in [6, 6.07) is 0. The molecule has 0 spiro atoms. The maximum Gasteiger partial charge on any atom is 0.111 e. The number of rotatable bonds is 2. The van der Waals surface area contributed by atoms with Crippen LogP contribution in [0.5, 0.6) is 0 Å². The molecule has 0 aromatic heterocycles. The summed E-state index contributed by atoms with van der Waals surface area (Å²) in [5.74, 6) is 0. The lowest BCUT2D eigenvalue weighted by Crippen LogP contribution is -2.32. The molecule has 0 fully saturated rings. The Morgan fingerprint density at radius 1 is 1.67 bits per heavy atom. The van der Waals surface area contributed by atoms with Crippen LogP contribution in [-0.4, -0.2) is 42.9 Å². The normalized spacial score (nSPS) is 22.6. The summed E-state index contributed by atoms with van der Waals surface area (Å²) in [4.78, 5) is 4.25. The summed E-state index contributed by atoms with van der Waals surface area (Å²) in [5.41, 5.74) is 0. The average Bonchev–Trinajstić information content (AvgIpc) is 2.18. The highest BCUT2D eigenvalue weighted by Gasteiger charge is 2.22. The number of thioether (sulfide) groups is 1. The van der Waals surface area contributed by atoms with Gasteiger partial charge in [0.1, 0.15) is 5.16 Å². The second-order valence-corrected chi connectivity index (χ2v) is 4.34. The third-order valence-electron chi connectivity index (χ3n) is 1.61. The van der Waals surface area contributed by atoms with Crippen molar-refractivity contribution in [3.05, 3.63) is 10.6 Å². The van der Waals surface area contributed by atoms with Crippen molar-refractivity contribution in [3.63, 3.8) is 0 Å². The second kappa shape index (κ2) is 5.22. The Bertz CT molecular complexity index is 173. The molecule has 0 saturated carbocycles. The fourth-order valence-corrected chi connectivity index (χ4v) is 2.37. The minimum absolute atomic E-state index is 0. The molecular formula is C7H14Cl2N2S. The predicted octanol–water partition coefficient (Wildman–Crippen LogP) is 2.01. The zero-order valence-corrected chi connectivity index (χ0v) is 9.84. The number of hydrogen-bond acceptors (Lipinski definition) is 3. The number of likely N-dealkylation sites (N-methyl/N-ethyl adjacent to an activating group) is 2. The van der Waals surface area contributed by atoms with Gasteiger partial charge in [0.05, 0.1) is 5.37 Å². The lowest BCUT2D eigenvalue weighted by atomic mass is 10.5. The van der Waals surface area contributed by atoms with Gasteiger partial charge in [0.2, 0.25) is 0 Å². The molecule has 12 heavy (non-hydrogen) atoms. The van der Waals surface area contributed by atoms with Crippen molar-refractivity contribution < 1.29 is 0 Å². The van der Waals surface area contributed by atoms with Crippen LogP contribution in [0.15, 0.2) is 10.6 Å². The van der Waals surface area contributed by atoms with Crippen LogP contribution in [0.25, 0.3) is 0 Å². The van der Waals surface area contributed by atoms with Crippen molar-refractivity contribution in [2.45, 2.75) is 5.37 Å². The van der Waals surface area contributed by atoms with E-state index in [-0.39, 0.29) is 12.4 Å². The summed E-state index contributed by atoms with van der Waals surface area (Å²) in [6.45, 7) is 1.04. The van der Waals surface area contributed by atoms with Gasteiger partial charge >= 0.3 is 0 Å². The van der Waals surface area contributed by atoms with Gasteiger partial charge in [0.25, 0.3) is 0 Å². The van der Waals surface area contributed by atoms with E-state index in [0.717, 1.165) is 11.7 Å². The predicted molar refractivity (Wildman–Crippen MR) is 58.9 cm³/mol. The van der Waals surface area contributed by atoms with Crippen LogP contribution >= 0.6 is 35.8 Å². The fraction of sp³-hybridized carbons (Fsp3) is 0.714. The summed E-state index contributed by atoms with van der Waals surface area (Å²) in [5, 5.41) is 3.33. The number of nitrogens with zero attached hydrogens (tertiary/aromatic N) is 2. The highest BCUT2D eigenvalue weighted by Crippen LogP contribution is 2.31. The highest BCUT2D eigenvalue weighted by atomic mass is 35.5. The van der Waals surface area contributed by atoms with E-state index < -0.39 is 0 Å². The van der Waals surface area contributed by atoms with Crippen LogP contribution in [0.2, 0.25) is 0 Å². The molecule has 1 aliphatic heterocycles. The minimum atomic E-state index is 0. The lowest BCUT2D eigenvalue weighted by Gasteiger charge is -2.24. The molecule has 1 atom stereocenters. The molecule has 1 heterocycles. The zero-order chi connectivity index (χ0) is 8.43. The molecule has 1 aliphatic rings. The van der Waals surface area contributed by atoms with Crippen LogP contribution in [0.4, 0.5) is 0 Å². The Balaban J connectivity index is 0.00000121. The van der Waals surface area contributed by atoms with E-state index in [1.807, 2.05) is 12.5 Å². The third-order valence-corrected chi connectivity index (χ3v) is 3.26. The SMILES string of the molecule is CN(C)CC1SC=C(Cl)N1C.Cl. The fourth-order valence-electron chi connectivity index (χ4n) is 0.925. The van der Waals surface area contributed by atoms with Gasteiger partial charge in [-0.15, -0.1) is 24.2 Å². The van der Waals surface area contributed by atoms with Gasteiger partial charge in [-0.1, -0.05) is 11.6 Å². The Morgan fingerprint density at radius 3 is 2.58 bits per heavy atom. The first-order valence-corrected chi connectivity index (χ1v) is 4.82. The molecule has 0 aliphatic carbocycles. The minimum Gasteiger partial charge on any atom is -0.351 e. The van der Waals surface area contributed by atoms with Crippen molar-refractivity contribution in [3.8, 4) is 0 Å². The summed E-state index contributed by atoms with van der Waals surface area (Å²) in [6.07, 6.45) is 0. The van der Waals surface area contributed by atoms with E-state index in [4.69, 9.17) is 11.6 Å². The van der Waals surface area contributed by atoms with Crippen molar-refractivity contribution in [2.24, 2.45) is 0 Å². The molecule has 0 aromatic carbocycles. The van der Waals surface area contributed by atoms with Crippen molar-refractivity contribution >= 4 is 35.8 Å². The maximum atomic E-state index is 5.89. The smallest absolute Gasteiger partial charge is 0.111 e. The average molecular weight is 229 g/mol. The maximum absolute atomic E-state index is 5.89. The summed E-state index contributed by atoms with van der Waals surface area (Å²) < 4.78 is 0. The first-order chi connectivity index (χ1) is 5.11. The van der Waals surface area contributed by atoms with Crippen molar-refractivity contribution in [2.75, 3.05) is 27.7 Å². The molecule has 1 unspecified atom stereocenters. The zero-order valence-electron chi connectivity index (χ0n) is 7.45.